The van der Waals surface area contributed by atoms with Gasteiger partial charge in [-0.1, -0.05) is 162 Å². The van der Waals surface area contributed by atoms with Crippen molar-refractivity contribution >= 4 is 0 Å². The average Bonchev–Trinajstić information content (AvgIpc) is 2.74. The van der Waals surface area contributed by atoms with Gasteiger partial charge in [-0.05, 0) is 31.1 Å². The summed E-state index contributed by atoms with van der Waals surface area (Å²) in [5.74, 6) is 1.86. The quantitative estimate of drug-likeness (QED) is 0.107. The Hall–Kier alpha value is -0.260. The van der Waals surface area contributed by atoms with Gasteiger partial charge in [-0.2, -0.15) is 0 Å². The standard InChI is InChI=1S/C30H60/c1-5-7-9-11-13-15-16-17-18-19-20-22-24-26-28-30(29(3)4)27-25-23-21-14-12-10-8-6-2/h11,13,29-30H,5-10,12,14-28H2,1-4H3. The third-order valence-corrected chi connectivity index (χ3v) is 6.96. The summed E-state index contributed by atoms with van der Waals surface area (Å²) in [7, 11) is 0. The smallest absolute Gasteiger partial charge is 0.0351 e. The van der Waals surface area contributed by atoms with Crippen LogP contribution < -0.4 is 0 Å². The third-order valence-electron chi connectivity index (χ3n) is 6.96. The van der Waals surface area contributed by atoms with E-state index in [1.807, 2.05) is 0 Å². The van der Waals surface area contributed by atoms with E-state index in [2.05, 4.69) is 39.8 Å². The van der Waals surface area contributed by atoms with E-state index in [0.29, 0.717) is 0 Å². The maximum Gasteiger partial charge on any atom is -0.0351 e. The average molecular weight is 421 g/mol. The van der Waals surface area contributed by atoms with Crippen LogP contribution in [0.2, 0.25) is 0 Å². The number of rotatable bonds is 24. The van der Waals surface area contributed by atoms with E-state index in [-0.39, 0.29) is 0 Å². The summed E-state index contributed by atoms with van der Waals surface area (Å²) in [6.07, 6.45) is 36.3. The zero-order chi connectivity index (χ0) is 22.1. The van der Waals surface area contributed by atoms with Gasteiger partial charge < -0.3 is 0 Å². The van der Waals surface area contributed by atoms with Crippen LogP contribution in [0.5, 0.6) is 0 Å². The fourth-order valence-electron chi connectivity index (χ4n) is 4.64. The van der Waals surface area contributed by atoms with E-state index in [4.69, 9.17) is 0 Å². The van der Waals surface area contributed by atoms with Gasteiger partial charge in [0, 0.05) is 0 Å². The Morgan fingerprint density at radius 3 is 1.23 bits per heavy atom. The molecule has 0 aliphatic rings. The molecule has 0 aromatic rings. The van der Waals surface area contributed by atoms with Crippen LogP contribution in [0.25, 0.3) is 0 Å². The van der Waals surface area contributed by atoms with E-state index < -0.39 is 0 Å². The molecule has 0 saturated heterocycles. The number of hydrogen-bond acceptors (Lipinski definition) is 0. The molecule has 0 aliphatic heterocycles. The first kappa shape index (κ1) is 29.7. The molecular weight excluding hydrogens is 360 g/mol. The van der Waals surface area contributed by atoms with Crippen LogP contribution in [0.1, 0.15) is 169 Å². The fraction of sp³-hybridized carbons (Fsp3) is 0.933. The Kier molecular flexibility index (Phi) is 24.8. The lowest BCUT2D eigenvalue weighted by molar-refractivity contribution is 0.312. The van der Waals surface area contributed by atoms with E-state index in [1.165, 1.54) is 141 Å². The molecule has 0 amide bonds. The van der Waals surface area contributed by atoms with Gasteiger partial charge in [0.2, 0.25) is 0 Å². The van der Waals surface area contributed by atoms with Crippen LogP contribution in [-0.2, 0) is 0 Å². The lowest BCUT2D eigenvalue weighted by atomic mass is 9.85. The van der Waals surface area contributed by atoms with Crippen molar-refractivity contribution in [1.29, 1.82) is 0 Å². The van der Waals surface area contributed by atoms with Crippen molar-refractivity contribution < 1.29 is 0 Å². The minimum atomic E-state index is 0.880. The maximum atomic E-state index is 2.45. The van der Waals surface area contributed by atoms with E-state index >= 15 is 0 Å². The molecular formula is C30H60. The summed E-state index contributed by atoms with van der Waals surface area (Å²) in [5, 5.41) is 0. The minimum Gasteiger partial charge on any atom is -0.0885 e. The van der Waals surface area contributed by atoms with Crippen LogP contribution in [0.3, 0.4) is 0 Å². The summed E-state index contributed by atoms with van der Waals surface area (Å²) in [6, 6.07) is 0. The molecule has 0 radical (unpaired) electrons. The van der Waals surface area contributed by atoms with Crippen LogP contribution >= 0.6 is 0 Å². The van der Waals surface area contributed by atoms with Gasteiger partial charge in [-0.15, -0.1) is 0 Å². The van der Waals surface area contributed by atoms with Crippen molar-refractivity contribution in [2.45, 2.75) is 169 Å². The largest absolute Gasteiger partial charge is 0.0885 e. The highest BCUT2D eigenvalue weighted by atomic mass is 14.2. The van der Waals surface area contributed by atoms with Crippen molar-refractivity contribution in [2.75, 3.05) is 0 Å². The lowest BCUT2D eigenvalue weighted by Gasteiger charge is -2.20. The van der Waals surface area contributed by atoms with Gasteiger partial charge in [0.05, 0.1) is 0 Å². The van der Waals surface area contributed by atoms with Gasteiger partial charge >= 0.3 is 0 Å². The SMILES string of the molecule is CCCCC=CCCCCCCCCCCC(CCCCCCCCCC)C(C)C. The number of unbranched alkanes of at least 4 members (excludes halogenated alkanes) is 17. The Morgan fingerprint density at radius 1 is 0.433 bits per heavy atom. The molecule has 0 N–H and O–H groups in total. The fourth-order valence-corrected chi connectivity index (χ4v) is 4.64. The maximum absolute atomic E-state index is 2.45. The molecule has 180 valence electrons. The number of hydrogen-bond donors (Lipinski definition) is 0. The molecule has 0 aliphatic carbocycles. The first-order valence-electron chi connectivity index (χ1n) is 14.4. The first-order chi connectivity index (χ1) is 14.7. The van der Waals surface area contributed by atoms with Crippen molar-refractivity contribution in [3.05, 3.63) is 12.2 Å². The molecule has 0 aromatic carbocycles. The van der Waals surface area contributed by atoms with E-state index in [1.54, 1.807) is 0 Å². The van der Waals surface area contributed by atoms with Gasteiger partial charge in [-0.3, -0.25) is 0 Å². The predicted octanol–water partition coefficient (Wildman–Crippen LogP) is 11.4. The summed E-state index contributed by atoms with van der Waals surface area (Å²) in [6.45, 7) is 9.49. The van der Waals surface area contributed by atoms with Gasteiger partial charge in [0.25, 0.3) is 0 Å². The van der Waals surface area contributed by atoms with Gasteiger partial charge in [0.1, 0.15) is 0 Å². The topological polar surface area (TPSA) is 0 Å². The zero-order valence-electron chi connectivity index (χ0n) is 21.9. The molecule has 1 unspecified atom stereocenters. The molecule has 0 aromatic heterocycles. The Morgan fingerprint density at radius 2 is 0.800 bits per heavy atom. The molecule has 0 rings (SSSR count). The molecule has 0 nitrogen and oxygen atoms in total. The Labute approximate surface area is 193 Å². The molecule has 0 saturated carbocycles. The van der Waals surface area contributed by atoms with Crippen LogP contribution in [0.15, 0.2) is 12.2 Å². The molecule has 1 atom stereocenters. The highest BCUT2D eigenvalue weighted by Crippen LogP contribution is 2.25. The lowest BCUT2D eigenvalue weighted by Crippen LogP contribution is -2.08. The summed E-state index contributed by atoms with van der Waals surface area (Å²) in [5.41, 5.74) is 0. The predicted molar refractivity (Wildman–Crippen MR) is 140 cm³/mol. The summed E-state index contributed by atoms with van der Waals surface area (Å²) >= 11 is 0. The number of allylic oxidation sites excluding steroid dienone is 2. The second-order valence-electron chi connectivity index (χ2n) is 10.3. The van der Waals surface area contributed by atoms with Crippen LogP contribution in [-0.4, -0.2) is 0 Å². The van der Waals surface area contributed by atoms with Gasteiger partial charge in [0.15, 0.2) is 0 Å². The second kappa shape index (κ2) is 25.0. The summed E-state index contributed by atoms with van der Waals surface area (Å²) in [4.78, 5) is 0. The Bertz CT molecular complexity index is 327. The highest BCUT2D eigenvalue weighted by Gasteiger charge is 2.12. The molecule has 30 heavy (non-hydrogen) atoms. The van der Waals surface area contributed by atoms with Crippen molar-refractivity contribution in [2.24, 2.45) is 11.8 Å². The molecule has 0 heterocycles. The molecule has 0 fully saturated rings. The normalized spacial score (nSPS) is 13.0. The Balaban J connectivity index is 3.44. The second-order valence-corrected chi connectivity index (χ2v) is 10.3. The first-order valence-corrected chi connectivity index (χ1v) is 14.4. The molecule has 0 heteroatoms. The third kappa shape index (κ3) is 22.4. The van der Waals surface area contributed by atoms with Crippen molar-refractivity contribution in [3.8, 4) is 0 Å². The van der Waals surface area contributed by atoms with Crippen LogP contribution in [0, 0.1) is 11.8 Å². The van der Waals surface area contributed by atoms with E-state index in [0.717, 1.165) is 11.8 Å². The zero-order valence-corrected chi connectivity index (χ0v) is 21.9. The van der Waals surface area contributed by atoms with Gasteiger partial charge in [-0.25, -0.2) is 0 Å². The minimum absolute atomic E-state index is 0.880. The monoisotopic (exact) mass is 420 g/mol. The molecule has 0 bridgehead atoms. The molecule has 0 spiro atoms. The van der Waals surface area contributed by atoms with Crippen molar-refractivity contribution in [1.82, 2.24) is 0 Å². The highest BCUT2D eigenvalue weighted by molar-refractivity contribution is 4.81. The van der Waals surface area contributed by atoms with Crippen molar-refractivity contribution in [3.63, 3.8) is 0 Å². The van der Waals surface area contributed by atoms with Crippen LogP contribution in [0.4, 0.5) is 0 Å². The summed E-state index contributed by atoms with van der Waals surface area (Å²) < 4.78 is 0. The van der Waals surface area contributed by atoms with E-state index in [9.17, 15) is 0 Å².